The van der Waals surface area contributed by atoms with Crippen molar-refractivity contribution in [2.75, 3.05) is 36.4 Å². The molecule has 0 radical (unpaired) electrons. The number of aryl methyl sites for hydroxylation is 1. The van der Waals surface area contributed by atoms with Gasteiger partial charge in [-0.05, 0) is 72.9 Å². The molecule has 38 heavy (non-hydrogen) atoms. The average molecular weight is 556 g/mol. The van der Waals surface area contributed by atoms with Crippen LogP contribution in [0.5, 0.6) is 0 Å². The van der Waals surface area contributed by atoms with Crippen molar-refractivity contribution in [1.82, 2.24) is 4.31 Å². The molecule has 0 bridgehead atoms. The van der Waals surface area contributed by atoms with Gasteiger partial charge in [0.15, 0.2) is 0 Å². The Labute approximate surface area is 225 Å². The summed E-state index contributed by atoms with van der Waals surface area (Å²) >= 11 is 0. The molecule has 0 aliphatic carbocycles. The fourth-order valence-corrected chi connectivity index (χ4v) is 6.76. The third kappa shape index (κ3) is 5.34. The minimum absolute atomic E-state index is 0.101. The van der Waals surface area contributed by atoms with Gasteiger partial charge in [0.2, 0.25) is 15.9 Å². The molecule has 4 rings (SSSR count). The van der Waals surface area contributed by atoms with E-state index in [0.717, 1.165) is 25.3 Å². The van der Waals surface area contributed by atoms with Crippen LogP contribution in [0.1, 0.15) is 36.5 Å². The maximum Gasteiger partial charge on any atom is 0.264 e. The standard InChI is InChI=1S/C28H33N3O5S2/c1-20(2)22-8-10-24(11-9-22)31(38(35,36)25-12-6-21(3)7-13-25)19-28(32)30-17-16-23-18-26(14-15-27(23)30)37(33,34)29(4)5/h6-15,18,20H,16-17,19H2,1-5H3. The fraction of sp³-hybridized carbons (Fsp3) is 0.321. The van der Waals surface area contributed by atoms with E-state index in [0.29, 0.717) is 24.3 Å². The summed E-state index contributed by atoms with van der Waals surface area (Å²) < 4.78 is 54.9. The first-order valence-corrected chi connectivity index (χ1v) is 15.3. The molecule has 1 amide bonds. The van der Waals surface area contributed by atoms with Crippen LogP contribution in [0.25, 0.3) is 0 Å². The van der Waals surface area contributed by atoms with Gasteiger partial charge in [-0.25, -0.2) is 21.1 Å². The molecular formula is C28H33N3O5S2. The molecule has 1 heterocycles. The maximum atomic E-state index is 13.8. The molecule has 1 aliphatic heterocycles. The summed E-state index contributed by atoms with van der Waals surface area (Å²) in [5, 5.41) is 0. The topological polar surface area (TPSA) is 95.1 Å². The van der Waals surface area contributed by atoms with Crippen molar-refractivity contribution in [3.05, 3.63) is 83.4 Å². The number of carbonyl (C=O) groups excluding carboxylic acids is 1. The molecule has 0 fully saturated rings. The smallest absolute Gasteiger partial charge is 0.264 e. The zero-order valence-corrected chi connectivity index (χ0v) is 23.9. The van der Waals surface area contributed by atoms with E-state index in [9.17, 15) is 21.6 Å². The second-order valence-corrected chi connectivity index (χ2v) is 14.0. The molecule has 0 saturated heterocycles. The van der Waals surface area contributed by atoms with E-state index in [4.69, 9.17) is 0 Å². The first-order chi connectivity index (χ1) is 17.8. The van der Waals surface area contributed by atoms with Crippen LogP contribution in [0.4, 0.5) is 11.4 Å². The van der Waals surface area contributed by atoms with Crippen molar-refractivity contribution in [3.8, 4) is 0 Å². The number of amides is 1. The predicted octanol–water partition coefficient (Wildman–Crippen LogP) is 4.15. The van der Waals surface area contributed by atoms with Crippen LogP contribution >= 0.6 is 0 Å². The number of hydrogen-bond donors (Lipinski definition) is 0. The van der Waals surface area contributed by atoms with Crippen LogP contribution in [0, 0.1) is 6.92 Å². The SMILES string of the molecule is Cc1ccc(S(=O)(=O)N(CC(=O)N2CCc3cc(S(=O)(=O)N(C)C)ccc32)c2ccc(C(C)C)cc2)cc1. The lowest BCUT2D eigenvalue weighted by Gasteiger charge is -2.27. The van der Waals surface area contributed by atoms with Gasteiger partial charge in [-0.1, -0.05) is 43.7 Å². The van der Waals surface area contributed by atoms with Gasteiger partial charge in [-0.2, -0.15) is 0 Å². The zero-order chi connectivity index (χ0) is 27.8. The van der Waals surface area contributed by atoms with E-state index in [2.05, 4.69) is 13.8 Å². The second-order valence-electron chi connectivity index (χ2n) is 9.94. The van der Waals surface area contributed by atoms with Crippen LogP contribution in [0.3, 0.4) is 0 Å². The van der Waals surface area contributed by atoms with Crippen LogP contribution in [-0.4, -0.2) is 54.2 Å². The summed E-state index contributed by atoms with van der Waals surface area (Å²) in [7, 11) is -4.72. The van der Waals surface area contributed by atoms with Gasteiger partial charge in [0.1, 0.15) is 6.54 Å². The van der Waals surface area contributed by atoms with E-state index in [1.807, 2.05) is 19.1 Å². The molecule has 0 atom stereocenters. The van der Waals surface area contributed by atoms with Gasteiger partial charge < -0.3 is 4.90 Å². The molecule has 3 aromatic carbocycles. The largest absolute Gasteiger partial charge is 0.310 e. The van der Waals surface area contributed by atoms with Crippen molar-refractivity contribution in [3.63, 3.8) is 0 Å². The molecule has 8 nitrogen and oxygen atoms in total. The number of nitrogens with zero attached hydrogens (tertiary/aromatic N) is 3. The Morgan fingerprint density at radius 2 is 1.47 bits per heavy atom. The third-order valence-corrected chi connectivity index (χ3v) is 10.4. The van der Waals surface area contributed by atoms with Gasteiger partial charge in [-0.3, -0.25) is 9.10 Å². The van der Waals surface area contributed by atoms with E-state index in [-0.39, 0.29) is 15.7 Å². The first-order valence-electron chi connectivity index (χ1n) is 12.4. The first kappa shape index (κ1) is 27.8. The van der Waals surface area contributed by atoms with Gasteiger partial charge in [-0.15, -0.1) is 0 Å². The van der Waals surface area contributed by atoms with Crippen molar-refractivity contribution in [2.45, 2.75) is 42.9 Å². The van der Waals surface area contributed by atoms with Crippen LogP contribution < -0.4 is 9.21 Å². The number of fused-ring (bicyclic) bond motifs is 1. The fourth-order valence-electron chi connectivity index (χ4n) is 4.39. The Bertz CT molecular complexity index is 1550. The number of carbonyl (C=O) groups is 1. The number of hydrogen-bond acceptors (Lipinski definition) is 5. The molecule has 10 heteroatoms. The highest BCUT2D eigenvalue weighted by atomic mass is 32.2. The maximum absolute atomic E-state index is 13.8. The quantitative estimate of drug-likeness (QED) is 0.416. The van der Waals surface area contributed by atoms with Crippen molar-refractivity contribution in [1.29, 1.82) is 0 Å². The Morgan fingerprint density at radius 1 is 0.868 bits per heavy atom. The predicted molar refractivity (Wildman–Crippen MR) is 150 cm³/mol. The van der Waals surface area contributed by atoms with E-state index in [1.165, 1.54) is 25.1 Å². The van der Waals surface area contributed by atoms with Gasteiger partial charge in [0, 0.05) is 26.3 Å². The van der Waals surface area contributed by atoms with E-state index >= 15 is 0 Å². The minimum atomic E-state index is -4.04. The van der Waals surface area contributed by atoms with Crippen molar-refractivity contribution < 1.29 is 21.6 Å². The molecule has 1 aliphatic rings. The van der Waals surface area contributed by atoms with Crippen LogP contribution in [0.15, 0.2) is 76.5 Å². The third-order valence-electron chi connectivity index (χ3n) is 6.76. The lowest BCUT2D eigenvalue weighted by molar-refractivity contribution is -0.117. The average Bonchev–Trinajstić information content (AvgIpc) is 3.31. The normalized spacial score (nSPS) is 13.7. The van der Waals surface area contributed by atoms with Crippen LogP contribution in [-0.2, 0) is 31.3 Å². The number of sulfonamides is 2. The molecule has 0 unspecified atom stereocenters. The molecule has 0 N–H and O–H groups in total. The van der Waals surface area contributed by atoms with Crippen molar-refractivity contribution >= 4 is 37.3 Å². The Kier molecular flexibility index (Phi) is 7.69. The summed E-state index contributed by atoms with van der Waals surface area (Å²) in [5.74, 6) is -0.120. The lowest BCUT2D eigenvalue weighted by atomic mass is 10.0. The Morgan fingerprint density at radius 3 is 2.05 bits per heavy atom. The molecule has 3 aromatic rings. The molecule has 0 spiro atoms. The molecule has 202 valence electrons. The van der Waals surface area contributed by atoms with E-state index in [1.54, 1.807) is 48.5 Å². The number of anilines is 2. The number of rotatable bonds is 8. The molecule has 0 aromatic heterocycles. The second kappa shape index (κ2) is 10.5. The highest BCUT2D eigenvalue weighted by Gasteiger charge is 2.32. The molecular weight excluding hydrogens is 522 g/mol. The summed E-state index contributed by atoms with van der Waals surface area (Å²) in [6, 6.07) is 18.4. The highest BCUT2D eigenvalue weighted by molar-refractivity contribution is 7.92. The van der Waals surface area contributed by atoms with Gasteiger partial charge >= 0.3 is 0 Å². The van der Waals surface area contributed by atoms with Gasteiger partial charge in [0.05, 0.1) is 15.5 Å². The zero-order valence-electron chi connectivity index (χ0n) is 22.2. The van der Waals surface area contributed by atoms with Crippen molar-refractivity contribution in [2.24, 2.45) is 0 Å². The van der Waals surface area contributed by atoms with Crippen LogP contribution in [0.2, 0.25) is 0 Å². The summed E-state index contributed by atoms with van der Waals surface area (Å²) in [5.41, 5.74) is 3.71. The Balaban J connectivity index is 1.68. The summed E-state index contributed by atoms with van der Waals surface area (Å²) in [6.07, 6.45) is 0.478. The summed E-state index contributed by atoms with van der Waals surface area (Å²) in [4.78, 5) is 15.4. The lowest BCUT2D eigenvalue weighted by Crippen LogP contribution is -2.42. The minimum Gasteiger partial charge on any atom is -0.310 e. The Hall–Kier alpha value is -3.21. The van der Waals surface area contributed by atoms with E-state index < -0.39 is 32.5 Å². The van der Waals surface area contributed by atoms with Gasteiger partial charge in [0.25, 0.3) is 10.0 Å². The number of benzene rings is 3. The summed E-state index contributed by atoms with van der Waals surface area (Å²) in [6.45, 7) is 5.93. The molecule has 0 saturated carbocycles. The highest BCUT2D eigenvalue weighted by Crippen LogP contribution is 2.32. The monoisotopic (exact) mass is 555 g/mol.